The number of nitrogens with one attached hydrogen (secondary N) is 2. The number of nitrogens with zero attached hydrogens (tertiary/aromatic N) is 1. The molecule has 0 aromatic heterocycles. The lowest BCUT2D eigenvalue weighted by atomic mass is 10.2. The van der Waals surface area contributed by atoms with E-state index in [1.165, 1.54) is 7.11 Å². The van der Waals surface area contributed by atoms with E-state index in [1.807, 2.05) is 0 Å². The molecule has 1 amide bonds. The minimum Gasteiger partial charge on any atom is -0.465 e. The van der Waals surface area contributed by atoms with Crippen molar-refractivity contribution >= 4 is 46.5 Å². The summed E-state index contributed by atoms with van der Waals surface area (Å²) in [7, 11) is 1.32. The minimum absolute atomic E-state index is 0.180. The number of esters is 1. The van der Waals surface area contributed by atoms with Crippen LogP contribution >= 0.6 is 23.8 Å². The van der Waals surface area contributed by atoms with E-state index < -0.39 is 5.97 Å². The quantitative estimate of drug-likeness (QED) is 0.622. The second-order valence-electron chi connectivity index (χ2n) is 5.05. The van der Waals surface area contributed by atoms with Gasteiger partial charge in [0.25, 0.3) is 0 Å². The van der Waals surface area contributed by atoms with Crippen molar-refractivity contribution in [1.29, 1.82) is 0 Å². The highest BCUT2D eigenvalue weighted by Crippen LogP contribution is 2.23. The normalized spacial score (nSPS) is 13.8. The molecule has 23 heavy (non-hydrogen) atoms. The van der Waals surface area contributed by atoms with Gasteiger partial charge in [0.2, 0.25) is 5.91 Å². The lowest BCUT2D eigenvalue weighted by Crippen LogP contribution is -2.37. The summed E-state index contributed by atoms with van der Waals surface area (Å²) >= 11 is 11.3. The average Bonchev–Trinajstić information content (AvgIpc) is 2.94. The minimum atomic E-state index is -0.448. The van der Waals surface area contributed by atoms with E-state index in [0.29, 0.717) is 40.9 Å². The van der Waals surface area contributed by atoms with Gasteiger partial charge in [-0.05, 0) is 36.8 Å². The maximum absolute atomic E-state index is 11.5. The fourth-order valence-corrected chi connectivity index (χ4v) is 2.65. The van der Waals surface area contributed by atoms with Crippen molar-refractivity contribution in [2.45, 2.75) is 12.8 Å². The molecule has 1 aromatic rings. The van der Waals surface area contributed by atoms with Gasteiger partial charge in [-0.3, -0.25) is 4.79 Å². The molecule has 8 heteroatoms. The summed E-state index contributed by atoms with van der Waals surface area (Å²) in [5.74, 6) is -0.268. The maximum Gasteiger partial charge on any atom is 0.337 e. The van der Waals surface area contributed by atoms with Gasteiger partial charge < -0.3 is 20.3 Å². The number of carbonyl (C=O) groups is 2. The van der Waals surface area contributed by atoms with Crippen LogP contribution in [0.15, 0.2) is 18.2 Å². The van der Waals surface area contributed by atoms with Gasteiger partial charge in [-0.15, -0.1) is 0 Å². The molecular weight excluding hydrogens is 338 g/mol. The summed E-state index contributed by atoms with van der Waals surface area (Å²) in [5, 5.41) is 6.78. The topological polar surface area (TPSA) is 70.7 Å². The molecule has 6 nitrogen and oxygen atoms in total. The van der Waals surface area contributed by atoms with Crippen LogP contribution in [0.3, 0.4) is 0 Å². The van der Waals surface area contributed by atoms with Crippen LogP contribution < -0.4 is 10.6 Å². The summed E-state index contributed by atoms with van der Waals surface area (Å²) < 4.78 is 4.67. The van der Waals surface area contributed by atoms with E-state index in [-0.39, 0.29) is 5.91 Å². The molecule has 2 rings (SSSR count). The summed E-state index contributed by atoms with van der Waals surface area (Å²) in [6.07, 6.45) is 1.54. The molecule has 1 saturated heterocycles. The first kappa shape index (κ1) is 17.5. The van der Waals surface area contributed by atoms with Crippen molar-refractivity contribution in [2.75, 3.05) is 32.1 Å². The summed E-state index contributed by atoms with van der Waals surface area (Å²) in [5.41, 5.74) is 0.897. The lowest BCUT2D eigenvalue weighted by Gasteiger charge is -2.17. The standard InChI is InChI=1S/C15H18ClN3O3S/c1-22-14(21)10-4-5-11(16)12(9-10)18-15(23)17-6-8-19-7-2-3-13(19)20/h4-5,9H,2-3,6-8H2,1H3,(H2,17,18,23). The number of amides is 1. The molecule has 0 atom stereocenters. The molecule has 1 heterocycles. The van der Waals surface area contributed by atoms with Crippen LogP contribution in [0.2, 0.25) is 5.02 Å². The Balaban J connectivity index is 1.87. The van der Waals surface area contributed by atoms with Crippen LogP contribution in [0, 0.1) is 0 Å². The first-order valence-corrected chi connectivity index (χ1v) is 8.00. The summed E-state index contributed by atoms with van der Waals surface area (Å²) in [6, 6.07) is 4.75. The van der Waals surface area contributed by atoms with E-state index in [0.717, 1.165) is 13.0 Å². The van der Waals surface area contributed by atoms with Crippen molar-refractivity contribution < 1.29 is 14.3 Å². The Labute approximate surface area is 145 Å². The first-order chi connectivity index (χ1) is 11.0. The number of likely N-dealkylation sites (tertiary alicyclic amines) is 1. The van der Waals surface area contributed by atoms with Gasteiger partial charge in [0.1, 0.15) is 0 Å². The van der Waals surface area contributed by atoms with Gasteiger partial charge in [0.15, 0.2) is 5.11 Å². The number of benzene rings is 1. The number of thiocarbonyl (C=S) groups is 1. The van der Waals surface area contributed by atoms with Gasteiger partial charge in [-0.25, -0.2) is 4.79 Å². The van der Waals surface area contributed by atoms with E-state index in [9.17, 15) is 9.59 Å². The Morgan fingerprint density at radius 2 is 2.26 bits per heavy atom. The monoisotopic (exact) mass is 355 g/mol. The number of carbonyl (C=O) groups excluding carboxylic acids is 2. The Morgan fingerprint density at radius 3 is 2.91 bits per heavy atom. The van der Waals surface area contributed by atoms with Crippen molar-refractivity contribution in [3.05, 3.63) is 28.8 Å². The third-order valence-electron chi connectivity index (χ3n) is 3.47. The number of anilines is 1. The fourth-order valence-electron chi connectivity index (χ4n) is 2.28. The van der Waals surface area contributed by atoms with Crippen LogP contribution in [0.5, 0.6) is 0 Å². The second kappa shape index (κ2) is 8.12. The van der Waals surface area contributed by atoms with Gasteiger partial charge >= 0.3 is 5.97 Å². The Bertz CT molecular complexity index is 624. The highest BCUT2D eigenvalue weighted by molar-refractivity contribution is 7.80. The van der Waals surface area contributed by atoms with E-state index >= 15 is 0 Å². The SMILES string of the molecule is COC(=O)c1ccc(Cl)c(NC(=S)NCCN2CCCC2=O)c1. The number of ether oxygens (including phenoxy) is 1. The third-order valence-corrected chi connectivity index (χ3v) is 4.05. The zero-order chi connectivity index (χ0) is 16.8. The van der Waals surface area contributed by atoms with Gasteiger partial charge in [-0.2, -0.15) is 0 Å². The zero-order valence-corrected chi connectivity index (χ0v) is 14.3. The van der Waals surface area contributed by atoms with Crippen LogP contribution in [0.25, 0.3) is 0 Å². The van der Waals surface area contributed by atoms with Gasteiger partial charge in [0.05, 0.1) is 23.4 Å². The Kier molecular flexibility index (Phi) is 6.18. The molecule has 1 fully saturated rings. The van der Waals surface area contributed by atoms with Crippen molar-refractivity contribution in [3.63, 3.8) is 0 Å². The number of methoxy groups -OCH3 is 1. The lowest BCUT2D eigenvalue weighted by molar-refractivity contribution is -0.127. The predicted molar refractivity (Wildman–Crippen MR) is 92.8 cm³/mol. The third kappa shape index (κ3) is 4.80. The zero-order valence-electron chi connectivity index (χ0n) is 12.7. The first-order valence-electron chi connectivity index (χ1n) is 7.21. The molecule has 0 bridgehead atoms. The van der Waals surface area contributed by atoms with E-state index in [2.05, 4.69) is 15.4 Å². The fraction of sp³-hybridized carbons (Fsp3) is 0.400. The molecule has 1 aromatic carbocycles. The molecular formula is C15H18ClN3O3S. The molecule has 1 aliphatic heterocycles. The molecule has 0 saturated carbocycles. The maximum atomic E-state index is 11.5. The van der Waals surface area contributed by atoms with Gasteiger partial charge in [-0.1, -0.05) is 11.6 Å². The van der Waals surface area contributed by atoms with Crippen LogP contribution in [-0.4, -0.2) is 48.6 Å². The molecule has 0 radical (unpaired) electrons. The average molecular weight is 356 g/mol. The van der Waals surface area contributed by atoms with Crippen LogP contribution in [0.4, 0.5) is 5.69 Å². The Morgan fingerprint density at radius 1 is 1.48 bits per heavy atom. The van der Waals surface area contributed by atoms with E-state index in [1.54, 1.807) is 23.1 Å². The second-order valence-corrected chi connectivity index (χ2v) is 5.87. The summed E-state index contributed by atoms with van der Waals surface area (Å²) in [6.45, 7) is 1.95. The van der Waals surface area contributed by atoms with Crippen LogP contribution in [-0.2, 0) is 9.53 Å². The molecule has 0 aliphatic carbocycles. The smallest absolute Gasteiger partial charge is 0.337 e. The molecule has 0 spiro atoms. The summed E-state index contributed by atoms with van der Waals surface area (Å²) in [4.78, 5) is 24.8. The molecule has 0 unspecified atom stereocenters. The van der Waals surface area contributed by atoms with Crippen molar-refractivity contribution in [3.8, 4) is 0 Å². The number of hydrogen-bond donors (Lipinski definition) is 2. The predicted octanol–water partition coefficient (Wildman–Crippen LogP) is 2.04. The highest BCUT2D eigenvalue weighted by atomic mass is 35.5. The van der Waals surface area contributed by atoms with E-state index in [4.69, 9.17) is 23.8 Å². The highest BCUT2D eigenvalue weighted by Gasteiger charge is 2.19. The molecule has 1 aliphatic rings. The molecule has 124 valence electrons. The molecule has 2 N–H and O–H groups in total. The number of hydrogen-bond acceptors (Lipinski definition) is 4. The number of halogens is 1. The van der Waals surface area contributed by atoms with Gasteiger partial charge in [0, 0.05) is 26.1 Å². The van der Waals surface area contributed by atoms with Crippen molar-refractivity contribution in [1.82, 2.24) is 10.2 Å². The number of rotatable bonds is 5. The van der Waals surface area contributed by atoms with Crippen molar-refractivity contribution in [2.24, 2.45) is 0 Å². The van der Waals surface area contributed by atoms with Crippen LogP contribution in [0.1, 0.15) is 23.2 Å². The Hall–Kier alpha value is -1.86. The largest absolute Gasteiger partial charge is 0.465 e.